The fourth-order valence-corrected chi connectivity index (χ4v) is 6.18. The number of sulfonamides is 1. The van der Waals surface area contributed by atoms with Crippen LogP contribution in [0.5, 0.6) is 0 Å². The summed E-state index contributed by atoms with van der Waals surface area (Å²) in [6, 6.07) is 5.55. The van der Waals surface area contributed by atoms with E-state index >= 15 is 0 Å². The molecule has 202 valence electrons. The minimum Gasteiger partial charge on any atom is -0.480 e. The van der Waals surface area contributed by atoms with Crippen LogP contribution >= 0.6 is 0 Å². The summed E-state index contributed by atoms with van der Waals surface area (Å²) < 4.78 is 28.1. The normalized spacial score (nSPS) is 16.2. The molecule has 0 spiro atoms. The molecule has 0 fully saturated rings. The number of hydrogen-bond donors (Lipinski definition) is 4. The summed E-state index contributed by atoms with van der Waals surface area (Å²) in [5, 5.41) is 15.9. The highest BCUT2D eigenvalue weighted by molar-refractivity contribution is 7.89. The first-order valence-corrected chi connectivity index (χ1v) is 13.7. The van der Waals surface area contributed by atoms with Gasteiger partial charge in [0.15, 0.2) is 5.65 Å². The standard InChI is InChI=1S/C25H30N6O6S/c1-14-10-15(2)22(16(3)11-14)38(35,36)31-20(25(33)34)13-27-24(32)19-12-17(37-30-19)6-4-8-21-28-18-7-5-9-26-23(18)29-21/h5,7,9-11,17,20,31H,4,6,8,12-13H2,1-3H3,(H,27,32)(H,33,34)(H,26,28,29). The Balaban J connectivity index is 1.27. The van der Waals surface area contributed by atoms with Crippen LogP contribution in [-0.4, -0.2) is 64.8 Å². The van der Waals surface area contributed by atoms with Gasteiger partial charge in [0, 0.05) is 25.6 Å². The number of aryl methyl sites for hydroxylation is 4. The lowest BCUT2D eigenvalue weighted by Gasteiger charge is -2.18. The fraction of sp³-hybridized carbons (Fsp3) is 0.400. The first-order valence-electron chi connectivity index (χ1n) is 12.2. The number of aromatic nitrogens is 3. The van der Waals surface area contributed by atoms with Gasteiger partial charge in [-0.2, -0.15) is 4.72 Å². The third-order valence-corrected chi connectivity index (χ3v) is 7.95. The highest BCUT2D eigenvalue weighted by Gasteiger charge is 2.30. The number of carboxylic acids is 1. The van der Waals surface area contributed by atoms with Crippen LogP contribution in [0.1, 0.15) is 41.8 Å². The van der Waals surface area contributed by atoms with Crippen LogP contribution in [-0.2, 0) is 30.9 Å². The van der Waals surface area contributed by atoms with Crippen molar-refractivity contribution >= 4 is 38.8 Å². The Labute approximate surface area is 219 Å². The van der Waals surface area contributed by atoms with Gasteiger partial charge in [-0.1, -0.05) is 22.9 Å². The summed E-state index contributed by atoms with van der Waals surface area (Å²) in [5.41, 5.74) is 3.55. The van der Waals surface area contributed by atoms with E-state index in [-0.39, 0.29) is 23.1 Å². The van der Waals surface area contributed by atoms with E-state index in [2.05, 4.69) is 30.1 Å². The van der Waals surface area contributed by atoms with Crippen LogP contribution in [0.4, 0.5) is 0 Å². The van der Waals surface area contributed by atoms with E-state index < -0.39 is 34.5 Å². The minimum absolute atomic E-state index is 0.0241. The third kappa shape index (κ3) is 6.34. The number of benzene rings is 1. The number of hydrogen-bond acceptors (Lipinski definition) is 8. The average Bonchev–Trinajstić information content (AvgIpc) is 3.47. The Morgan fingerprint density at radius 1 is 1.24 bits per heavy atom. The molecule has 2 atom stereocenters. The zero-order valence-electron chi connectivity index (χ0n) is 21.3. The van der Waals surface area contributed by atoms with Gasteiger partial charge in [0.2, 0.25) is 10.0 Å². The molecule has 0 saturated heterocycles. The number of aliphatic carboxylic acids is 1. The first-order chi connectivity index (χ1) is 18.0. The van der Waals surface area contributed by atoms with Crippen LogP contribution in [0.25, 0.3) is 11.2 Å². The number of carboxylic acid groups (broad SMARTS) is 1. The maximum atomic E-state index is 13.0. The van der Waals surface area contributed by atoms with Crippen LogP contribution in [0, 0.1) is 20.8 Å². The molecular weight excluding hydrogens is 512 g/mol. The van der Waals surface area contributed by atoms with Crippen molar-refractivity contribution in [3.8, 4) is 0 Å². The van der Waals surface area contributed by atoms with Crippen molar-refractivity contribution < 1.29 is 28.0 Å². The van der Waals surface area contributed by atoms with Gasteiger partial charge in [0.25, 0.3) is 5.91 Å². The Bertz CT molecular complexity index is 1440. The monoisotopic (exact) mass is 542 g/mol. The summed E-state index contributed by atoms with van der Waals surface area (Å²) in [6.45, 7) is 4.68. The number of carbonyl (C=O) groups is 2. The lowest BCUT2D eigenvalue weighted by Crippen LogP contribution is -2.49. The van der Waals surface area contributed by atoms with Gasteiger partial charge >= 0.3 is 5.97 Å². The molecule has 13 heteroatoms. The summed E-state index contributed by atoms with van der Waals surface area (Å²) in [6.07, 6.45) is 3.73. The van der Waals surface area contributed by atoms with Crippen molar-refractivity contribution in [1.29, 1.82) is 0 Å². The van der Waals surface area contributed by atoms with Gasteiger partial charge in [-0.05, 0) is 56.9 Å². The molecule has 4 rings (SSSR count). The van der Waals surface area contributed by atoms with Gasteiger partial charge in [0.1, 0.15) is 29.2 Å². The number of pyridine rings is 1. The number of H-pyrrole nitrogens is 1. The predicted molar refractivity (Wildman–Crippen MR) is 139 cm³/mol. The second kappa shape index (κ2) is 11.3. The van der Waals surface area contributed by atoms with E-state index in [1.165, 1.54) is 0 Å². The van der Waals surface area contributed by atoms with Gasteiger partial charge in [-0.15, -0.1) is 0 Å². The fourth-order valence-electron chi connectivity index (χ4n) is 4.54. The molecular formula is C25H30N6O6S. The number of fused-ring (bicyclic) bond motifs is 1. The van der Waals surface area contributed by atoms with E-state index in [9.17, 15) is 23.1 Å². The van der Waals surface area contributed by atoms with Gasteiger partial charge in [-0.3, -0.25) is 9.59 Å². The number of rotatable bonds is 11. The molecule has 12 nitrogen and oxygen atoms in total. The van der Waals surface area contributed by atoms with E-state index in [0.717, 1.165) is 29.0 Å². The molecule has 3 heterocycles. The summed E-state index contributed by atoms with van der Waals surface area (Å²) in [7, 11) is -4.15. The maximum absolute atomic E-state index is 13.0. The minimum atomic E-state index is -4.15. The molecule has 3 aromatic rings. The zero-order chi connectivity index (χ0) is 27.4. The van der Waals surface area contributed by atoms with Crippen LogP contribution in [0.2, 0.25) is 0 Å². The summed E-state index contributed by atoms with van der Waals surface area (Å²) in [4.78, 5) is 41.6. The number of aromatic amines is 1. The molecule has 4 N–H and O–H groups in total. The molecule has 0 bridgehead atoms. The van der Waals surface area contributed by atoms with E-state index in [0.29, 0.717) is 24.0 Å². The molecule has 2 unspecified atom stereocenters. The SMILES string of the molecule is Cc1cc(C)c(S(=O)(=O)NC(CNC(=O)C2=NOC(CCCc3nc4cccnc4[nH]3)C2)C(=O)O)c(C)c1. The molecule has 0 radical (unpaired) electrons. The number of oxime groups is 1. The first kappa shape index (κ1) is 27.2. The van der Waals surface area contributed by atoms with Gasteiger partial charge in [0.05, 0.1) is 4.90 Å². The largest absolute Gasteiger partial charge is 0.480 e. The number of amides is 1. The Kier molecular flexibility index (Phi) is 8.07. The third-order valence-electron chi connectivity index (χ3n) is 6.17. The van der Waals surface area contributed by atoms with E-state index in [1.54, 1.807) is 32.2 Å². The highest BCUT2D eigenvalue weighted by Crippen LogP contribution is 2.22. The Morgan fingerprint density at radius 2 is 1.97 bits per heavy atom. The van der Waals surface area contributed by atoms with E-state index in [4.69, 9.17) is 4.84 Å². The van der Waals surface area contributed by atoms with Gasteiger partial charge in [-0.25, -0.2) is 18.4 Å². The van der Waals surface area contributed by atoms with Gasteiger partial charge < -0.3 is 20.2 Å². The molecule has 0 aliphatic carbocycles. The number of nitrogens with zero attached hydrogens (tertiary/aromatic N) is 3. The maximum Gasteiger partial charge on any atom is 0.323 e. The lowest BCUT2D eigenvalue weighted by molar-refractivity contribution is -0.138. The zero-order valence-corrected chi connectivity index (χ0v) is 22.1. The predicted octanol–water partition coefficient (Wildman–Crippen LogP) is 1.90. The second-order valence-electron chi connectivity index (χ2n) is 9.37. The summed E-state index contributed by atoms with van der Waals surface area (Å²) >= 11 is 0. The van der Waals surface area contributed by atoms with E-state index in [1.807, 2.05) is 19.1 Å². The van der Waals surface area contributed by atoms with Crippen LogP contribution in [0.3, 0.4) is 0 Å². The van der Waals surface area contributed by atoms with Crippen molar-refractivity contribution in [2.24, 2.45) is 5.16 Å². The molecule has 1 aliphatic heterocycles. The quantitative estimate of drug-likeness (QED) is 0.284. The molecule has 38 heavy (non-hydrogen) atoms. The number of nitrogens with one attached hydrogen (secondary N) is 3. The van der Waals surface area contributed by atoms with Crippen LogP contribution in [0.15, 0.2) is 40.5 Å². The Morgan fingerprint density at radius 3 is 2.66 bits per heavy atom. The topological polar surface area (TPSA) is 176 Å². The lowest BCUT2D eigenvalue weighted by atomic mass is 10.1. The van der Waals surface area contributed by atoms with Crippen molar-refractivity contribution in [3.05, 3.63) is 53.0 Å². The second-order valence-corrected chi connectivity index (χ2v) is 11.0. The highest BCUT2D eigenvalue weighted by atomic mass is 32.2. The number of imidazole rings is 1. The average molecular weight is 543 g/mol. The molecule has 1 aromatic carbocycles. The molecule has 1 aliphatic rings. The molecule has 0 saturated carbocycles. The van der Waals surface area contributed by atoms with Crippen molar-refractivity contribution in [2.75, 3.05) is 6.54 Å². The van der Waals surface area contributed by atoms with Crippen molar-refractivity contribution in [2.45, 2.75) is 63.5 Å². The Hall–Kier alpha value is -3.84. The van der Waals surface area contributed by atoms with Crippen LogP contribution < -0.4 is 10.0 Å². The van der Waals surface area contributed by atoms with Crippen molar-refractivity contribution in [3.63, 3.8) is 0 Å². The molecule has 1 amide bonds. The number of carbonyl (C=O) groups excluding carboxylic acids is 1. The van der Waals surface area contributed by atoms with Crippen molar-refractivity contribution in [1.82, 2.24) is 25.0 Å². The summed E-state index contributed by atoms with van der Waals surface area (Å²) in [5.74, 6) is -1.21. The molecule has 2 aromatic heterocycles. The smallest absolute Gasteiger partial charge is 0.323 e.